The SMILES string of the molecule is C=COCCOCCOCCOCCOCCOCCOCCOCCOCCOC(=O)CCCCCC. The van der Waals surface area contributed by atoms with Gasteiger partial charge in [0.15, 0.2) is 0 Å². The molecule has 0 aliphatic heterocycles. The van der Waals surface area contributed by atoms with Crippen LogP contribution in [0.3, 0.4) is 0 Å². The second kappa shape index (κ2) is 33.7. The topological polar surface area (TPSA) is 109 Å². The molecule has 0 bridgehead atoms. The summed E-state index contributed by atoms with van der Waals surface area (Å²) in [5.41, 5.74) is 0. The van der Waals surface area contributed by atoms with E-state index < -0.39 is 0 Å². The molecule has 0 rings (SSSR count). The molecule has 0 amide bonds. The van der Waals surface area contributed by atoms with Gasteiger partial charge in [0.1, 0.15) is 13.2 Å². The number of carbonyl (C=O) groups is 1. The van der Waals surface area contributed by atoms with E-state index in [4.69, 9.17) is 47.4 Å². The van der Waals surface area contributed by atoms with Crippen LogP contribution in [-0.4, -0.2) is 125 Å². The number of rotatable bonds is 33. The summed E-state index contributed by atoms with van der Waals surface area (Å²) < 4.78 is 53.3. The van der Waals surface area contributed by atoms with Gasteiger partial charge >= 0.3 is 5.97 Å². The van der Waals surface area contributed by atoms with E-state index in [1.807, 2.05) is 0 Å². The molecule has 0 unspecified atom stereocenters. The van der Waals surface area contributed by atoms with Crippen molar-refractivity contribution in [3.63, 3.8) is 0 Å². The Morgan fingerprint density at radius 1 is 0.500 bits per heavy atom. The van der Waals surface area contributed by atoms with E-state index in [9.17, 15) is 4.79 Å². The maximum atomic E-state index is 11.5. The molecule has 11 nitrogen and oxygen atoms in total. The summed E-state index contributed by atoms with van der Waals surface area (Å²) in [6, 6.07) is 0. The first-order chi connectivity index (χ1) is 18.8. The van der Waals surface area contributed by atoms with Gasteiger partial charge in [0.05, 0.1) is 112 Å². The Kier molecular flexibility index (Phi) is 32.6. The molecule has 0 atom stereocenters. The number of unbranched alkanes of at least 4 members (excludes halogenated alkanes) is 3. The fraction of sp³-hybridized carbons (Fsp3) is 0.889. The van der Waals surface area contributed by atoms with Gasteiger partial charge < -0.3 is 47.4 Å². The van der Waals surface area contributed by atoms with Crippen molar-refractivity contribution >= 4 is 5.97 Å². The fourth-order valence-corrected chi connectivity index (χ4v) is 2.81. The normalized spacial score (nSPS) is 11.1. The van der Waals surface area contributed by atoms with E-state index in [2.05, 4.69) is 13.5 Å². The Bertz CT molecular complexity index is 480. The number of carbonyl (C=O) groups excluding carboxylic acids is 1. The average molecular weight is 553 g/mol. The van der Waals surface area contributed by atoms with Gasteiger partial charge in [-0.15, -0.1) is 0 Å². The third kappa shape index (κ3) is 32.7. The van der Waals surface area contributed by atoms with Crippen LogP contribution in [0, 0.1) is 0 Å². The molecule has 38 heavy (non-hydrogen) atoms. The number of hydrogen-bond donors (Lipinski definition) is 0. The maximum Gasteiger partial charge on any atom is 0.305 e. The summed E-state index contributed by atoms with van der Waals surface area (Å²) in [5.74, 6) is -0.151. The lowest BCUT2D eigenvalue weighted by Gasteiger charge is -2.09. The Morgan fingerprint density at radius 3 is 1.18 bits per heavy atom. The molecular formula is C27H52O11. The van der Waals surface area contributed by atoms with Gasteiger partial charge in [-0.2, -0.15) is 0 Å². The zero-order valence-electron chi connectivity index (χ0n) is 23.5. The number of esters is 1. The minimum atomic E-state index is -0.151. The molecule has 11 heteroatoms. The van der Waals surface area contributed by atoms with Crippen LogP contribution >= 0.6 is 0 Å². The molecule has 0 radical (unpaired) electrons. The first-order valence-electron chi connectivity index (χ1n) is 13.8. The smallest absolute Gasteiger partial charge is 0.305 e. The number of hydrogen-bond acceptors (Lipinski definition) is 11. The maximum absolute atomic E-state index is 11.5. The highest BCUT2D eigenvalue weighted by Gasteiger charge is 2.02. The first kappa shape index (κ1) is 36.7. The second-order valence-electron chi connectivity index (χ2n) is 7.97. The summed E-state index contributed by atoms with van der Waals surface area (Å²) in [4.78, 5) is 11.5. The number of ether oxygens (including phenoxy) is 10. The lowest BCUT2D eigenvalue weighted by molar-refractivity contribution is -0.145. The Balaban J connectivity index is 3.07. The van der Waals surface area contributed by atoms with Gasteiger partial charge in [-0.25, -0.2) is 0 Å². The van der Waals surface area contributed by atoms with Crippen LogP contribution < -0.4 is 0 Å². The molecule has 0 fully saturated rings. The summed E-state index contributed by atoms with van der Waals surface area (Å²) in [6.45, 7) is 14.3. The molecule has 0 aliphatic carbocycles. The lowest BCUT2D eigenvalue weighted by atomic mass is 10.2. The average Bonchev–Trinajstić information content (AvgIpc) is 2.92. The third-order valence-electron chi connectivity index (χ3n) is 4.79. The van der Waals surface area contributed by atoms with Crippen LogP contribution in [0.5, 0.6) is 0 Å². The van der Waals surface area contributed by atoms with Crippen LogP contribution in [0.2, 0.25) is 0 Å². The predicted molar refractivity (Wildman–Crippen MR) is 142 cm³/mol. The van der Waals surface area contributed by atoms with Gasteiger partial charge in [0, 0.05) is 6.42 Å². The van der Waals surface area contributed by atoms with Crippen molar-refractivity contribution in [2.45, 2.75) is 39.0 Å². The van der Waals surface area contributed by atoms with E-state index in [0.29, 0.717) is 119 Å². The van der Waals surface area contributed by atoms with E-state index in [-0.39, 0.29) is 12.6 Å². The molecule has 0 aromatic carbocycles. The molecule has 0 saturated carbocycles. The van der Waals surface area contributed by atoms with Crippen molar-refractivity contribution in [3.8, 4) is 0 Å². The van der Waals surface area contributed by atoms with Gasteiger partial charge in [0.25, 0.3) is 0 Å². The second-order valence-corrected chi connectivity index (χ2v) is 7.97. The minimum Gasteiger partial charge on any atom is -0.499 e. The van der Waals surface area contributed by atoms with E-state index in [1.54, 1.807) is 0 Å². The largest absolute Gasteiger partial charge is 0.499 e. The zero-order chi connectivity index (χ0) is 27.6. The van der Waals surface area contributed by atoms with E-state index >= 15 is 0 Å². The van der Waals surface area contributed by atoms with Crippen molar-refractivity contribution < 1.29 is 52.2 Å². The van der Waals surface area contributed by atoms with Crippen molar-refractivity contribution in [2.75, 3.05) is 119 Å². The van der Waals surface area contributed by atoms with Crippen LogP contribution in [0.4, 0.5) is 0 Å². The van der Waals surface area contributed by atoms with Gasteiger partial charge in [-0.3, -0.25) is 4.79 Å². The van der Waals surface area contributed by atoms with Crippen LogP contribution in [-0.2, 0) is 52.2 Å². The molecule has 0 spiro atoms. The van der Waals surface area contributed by atoms with Crippen molar-refractivity contribution in [2.24, 2.45) is 0 Å². The van der Waals surface area contributed by atoms with Gasteiger partial charge in [-0.1, -0.05) is 32.8 Å². The van der Waals surface area contributed by atoms with E-state index in [1.165, 1.54) is 6.26 Å². The summed E-state index contributed by atoms with van der Waals surface area (Å²) in [7, 11) is 0. The standard InChI is InChI=1S/C27H52O11/c1-3-5-6-7-8-27(28)38-26-25-37-24-23-36-22-21-35-20-19-34-18-17-33-16-15-32-14-13-31-12-11-30-10-9-29-4-2/h4H,2-3,5-26H2,1H3. The quantitative estimate of drug-likeness (QED) is 0.0681. The summed E-state index contributed by atoms with van der Waals surface area (Å²) in [6.07, 6.45) is 6.17. The zero-order valence-corrected chi connectivity index (χ0v) is 23.5. The molecule has 0 saturated heterocycles. The third-order valence-corrected chi connectivity index (χ3v) is 4.79. The van der Waals surface area contributed by atoms with Crippen LogP contribution in [0.1, 0.15) is 39.0 Å². The lowest BCUT2D eigenvalue weighted by Crippen LogP contribution is -2.15. The molecule has 0 aromatic heterocycles. The molecule has 226 valence electrons. The Morgan fingerprint density at radius 2 is 0.842 bits per heavy atom. The highest BCUT2D eigenvalue weighted by Crippen LogP contribution is 2.03. The highest BCUT2D eigenvalue weighted by atomic mass is 16.6. The molecule has 0 aliphatic rings. The highest BCUT2D eigenvalue weighted by molar-refractivity contribution is 5.69. The van der Waals surface area contributed by atoms with Crippen molar-refractivity contribution in [3.05, 3.63) is 12.8 Å². The summed E-state index contributed by atoms with van der Waals surface area (Å²) in [5, 5.41) is 0. The van der Waals surface area contributed by atoms with Gasteiger partial charge in [0.2, 0.25) is 0 Å². The van der Waals surface area contributed by atoms with Crippen LogP contribution in [0.15, 0.2) is 12.8 Å². The minimum absolute atomic E-state index is 0.151. The molecule has 0 N–H and O–H groups in total. The molecule has 0 aromatic rings. The Hall–Kier alpha value is -1.31. The van der Waals surface area contributed by atoms with Crippen molar-refractivity contribution in [1.82, 2.24) is 0 Å². The van der Waals surface area contributed by atoms with E-state index in [0.717, 1.165) is 25.7 Å². The summed E-state index contributed by atoms with van der Waals surface area (Å²) >= 11 is 0. The molecular weight excluding hydrogens is 500 g/mol. The fourth-order valence-electron chi connectivity index (χ4n) is 2.81. The first-order valence-corrected chi connectivity index (χ1v) is 13.8. The molecule has 0 heterocycles. The van der Waals surface area contributed by atoms with Crippen LogP contribution in [0.25, 0.3) is 0 Å². The van der Waals surface area contributed by atoms with Gasteiger partial charge in [-0.05, 0) is 6.42 Å². The predicted octanol–water partition coefficient (Wildman–Crippen LogP) is 2.79. The monoisotopic (exact) mass is 552 g/mol. The Labute approximate surface area is 229 Å². The van der Waals surface area contributed by atoms with Crippen molar-refractivity contribution in [1.29, 1.82) is 0 Å².